The van der Waals surface area contributed by atoms with Crippen molar-refractivity contribution in [2.75, 3.05) is 11.9 Å². The maximum Gasteiger partial charge on any atom is 0.412 e. The number of hydrogen-bond acceptors (Lipinski definition) is 4. The minimum absolute atomic E-state index is 0.00464. The summed E-state index contributed by atoms with van der Waals surface area (Å²) < 4.78 is 5.13. The lowest BCUT2D eigenvalue weighted by molar-refractivity contribution is 0.0636. The highest BCUT2D eigenvalue weighted by atomic mass is 32.1. The molecule has 0 unspecified atom stereocenters. The Morgan fingerprint density at radius 1 is 1.59 bits per heavy atom. The smallest absolute Gasteiger partial charge is 0.412 e. The zero-order valence-corrected chi connectivity index (χ0v) is 11.0. The third-order valence-corrected chi connectivity index (χ3v) is 2.52. The van der Waals surface area contributed by atoms with Crippen molar-refractivity contribution in [3.05, 3.63) is 23.1 Å². The van der Waals surface area contributed by atoms with Crippen molar-refractivity contribution in [1.29, 1.82) is 0 Å². The average Bonchev–Trinajstić information content (AvgIpc) is 2.59. The minimum atomic E-state index is -0.499. The first-order valence-corrected chi connectivity index (χ1v) is 6.14. The van der Waals surface area contributed by atoms with Crippen LogP contribution in [0.3, 0.4) is 0 Å². The Morgan fingerprint density at radius 3 is 2.88 bits per heavy atom. The highest BCUT2D eigenvalue weighted by Gasteiger charge is 2.16. The highest BCUT2D eigenvalue weighted by Crippen LogP contribution is 2.22. The van der Waals surface area contributed by atoms with Gasteiger partial charge in [0.15, 0.2) is 0 Å². The fourth-order valence-electron chi connectivity index (χ4n) is 1.10. The van der Waals surface area contributed by atoms with Crippen molar-refractivity contribution in [2.24, 2.45) is 0 Å². The van der Waals surface area contributed by atoms with Crippen LogP contribution < -0.4 is 5.32 Å². The topological polar surface area (TPSA) is 58.6 Å². The molecule has 0 fully saturated rings. The standard InChI is InChI=1S/C12H17NO3S/c1-12(2,3)16-11(15)13-10-7-9(8-17-10)5-4-6-14/h4-5,7-8,14H,6H2,1-3H3,(H,13,15). The predicted octanol–water partition coefficient (Wildman–Crippen LogP) is 3.10. The normalized spacial score (nSPS) is 11.8. The Labute approximate surface area is 105 Å². The molecule has 0 radical (unpaired) electrons. The van der Waals surface area contributed by atoms with Crippen molar-refractivity contribution in [1.82, 2.24) is 0 Å². The lowest BCUT2D eigenvalue weighted by atomic mass is 10.2. The summed E-state index contributed by atoms with van der Waals surface area (Å²) in [5.41, 5.74) is 0.441. The van der Waals surface area contributed by atoms with E-state index in [2.05, 4.69) is 5.32 Å². The van der Waals surface area contributed by atoms with Crippen LogP contribution in [-0.4, -0.2) is 23.4 Å². The number of anilines is 1. The largest absolute Gasteiger partial charge is 0.444 e. The van der Waals surface area contributed by atoms with Gasteiger partial charge in [0, 0.05) is 5.38 Å². The molecule has 4 nitrogen and oxygen atoms in total. The lowest BCUT2D eigenvalue weighted by Gasteiger charge is -2.19. The fourth-order valence-corrected chi connectivity index (χ4v) is 1.85. The van der Waals surface area contributed by atoms with Crippen LogP contribution in [0, 0.1) is 0 Å². The molecule has 0 aliphatic carbocycles. The van der Waals surface area contributed by atoms with Gasteiger partial charge in [0.25, 0.3) is 0 Å². The number of nitrogens with one attached hydrogen (secondary N) is 1. The van der Waals surface area contributed by atoms with Crippen molar-refractivity contribution in [3.63, 3.8) is 0 Å². The van der Waals surface area contributed by atoms with Crippen LogP contribution in [0.15, 0.2) is 17.5 Å². The molecule has 1 aromatic heterocycles. The van der Waals surface area contributed by atoms with Gasteiger partial charge in [-0.05, 0) is 32.4 Å². The van der Waals surface area contributed by atoms with Crippen LogP contribution in [0.2, 0.25) is 0 Å². The first-order valence-electron chi connectivity index (χ1n) is 5.26. The van der Waals surface area contributed by atoms with E-state index in [1.807, 2.05) is 32.2 Å². The first-order chi connectivity index (χ1) is 7.90. The summed E-state index contributed by atoms with van der Waals surface area (Å²) in [5.74, 6) is 0. The monoisotopic (exact) mass is 255 g/mol. The molecule has 1 heterocycles. The van der Waals surface area contributed by atoms with Crippen LogP contribution in [0.25, 0.3) is 6.08 Å². The average molecular weight is 255 g/mol. The van der Waals surface area contributed by atoms with E-state index in [1.165, 1.54) is 11.3 Å². The van der Waals surface area contributed by atoms with E-state index >= 15 is 0 Å². The predicted molar refractivity (Wildman–Crippen MR) is 70.3 cm³/mol. The van der Waals surface area contributed by atoms with Crippen LogP contribution in [0.1, 0.15) is 26.3 Å². The molecule has 0 saturated heterocycles. The van der Waals surface area contributed by atoms with E-state index in [9.17, 15) is 4.79 Å². The molecule has 17 heavy (non-hydrogen) atoms. The summed E-state index contributed by atoms with van der Waals surface area (Å²) in [7, 11) is 0. The number of rotatable bonds is 3. The Bertz CT molecular complexity index is 404. The van der Waals surface area contributed by atoms with Gasteiger partial charge in [0.2, 0.25) is 0 Å². The molecule has 0 spiro atoms. The molecule has 1 rings (SSSR count). The Hall–Kier alpha value is -1.33. The summed E-state index contributed by atoms with van der Waals surface area (Å²) in [4.78, 5) is 11.5. The molecule has 0 aromatic carbocycles. The molecule has 1 aromatic rings. The molecule has 0 saturated carbocycles. The Morgan fingerprint density at radius 2 is 2.29 bits per heavy atom. The summed E-state index contributed by atoms with van der Waals surface area (Å²) >= 11 is 1.41. The van der Waals surface area contributed by atoms with Gasteiger partial charge in [0.1, 0.15) is 5.60 Å². The summed E-state index contributed by atoms with van der Waals surface area (Å²) in [6.45, 7) is 5.45. The lowest BCUT2D eigenvalue weighted by Crippen LogP contribution is -2.26. The maximum atomic E-state index is 11.5. The Kier molecular flexibility index (Phi) is 4.72. The number of thiophene rings is 1. The van der Waals surface area contributed by atoms with Gasteiger partial charge in [-0.15, -0.1) is 11.3 Å². The molecule has 0 atom stereocenters. The number of amides is 1. The molecular weight excluding hydrogens is 238 g/mol. The Balaban J connectivity index is 2.55. The minimum Gasteiger partial charge on any atom is -0.444 e. The first kappa shape index (κ1) is 13.7. The second-order valence-corrected chi connectivity index (χ2v) is 5.37. The zero-order valence-electron chi connectivity index (χ0n) is 10.2. The number of ether oxygens (including phenoxy) is 1. The molecule has 0 bridgehead atoms. The maximum absolute atomic E-state index is 11.5. The van der Waals surface area contributed by atoms with Gasteiger partial charge in [-0.3, -0.25) is 5.32 Å². The van der Waals surface area contributed by atoms with Gasteiger partial charge < -0.3 is 9.84 Å². The van der Waals surface area contributed by atoms with E-state index in [1.54, 1.807) is 12.2 Å². The number of hydrogen-bond donors (Lipinski definition) is 2. The SMILES string of the molecule is CC(C)(C)OC(=O)Nc1cc(C=CCO)cs1. The summed E-state index contributed by atoms with van der Waals surface area (Å²) in [6, 6.07) is 1.82. The van der Waals surface area contributed by atoms with Crippen LogP contribution in [0.5, 0.6) is 0 Å². The summed E-state index contributed by atoms with van der Waals surface area (Å²) in [6.07, 6.45) is 2.97. The second kappa shape index (κ2) is 5.84. The van der Waals surface area contributed by atoms with Gasteiger partial charge in [-0.1, -0.05) is 12.2 Å². The molecule has 0 aliphatic rings. The number of carbonyl (C=O) groups excluding carboxylic acids is 1. The van der Waals surface area contributed by atoms with E-state index in [-0.39, 0.29) is 6.61 Å². The molecule has 2 N–H and O–H groups in total. The van der Waals surface area contributed by atoms with Gasteiger partial charge >= 0.3 is 6.09 Å². The fraction of sp³-hybridized carbons (Fsp3) is 0.417. The van der Waals surface area contributed by atoms with Gasteiger partial charge in [0.05, 0.1) is 11.6 Å². The van der Waals surface area contributed by atoms with Gasteiger partial charge in [-0.25, -0.2) is 4.79 Å². The molecular formula is C12H17NO3S. The van der Waals surface area contributed by atoms with Crippen molar-refractivity contribution in [2.45, 2.75) is 26.4 Å². The number of aliphatic hydroxyl groups is 1. The number of aliphatic hydroxyl groups excluding tert-OH is 1. The number of carbonyl (C=O) groups is 1. The van der Waals surface area contributed by atoms with E-state index in [0.717, 1.165) is 10.6 Å². The summed E-state index contributed by atoms with van der Waals surface area (Å²) in [5, 5.41) is 13.9. The van der Waals surface area contributed by atoms with E-state index in [0.29, 0.717) is 0 Å². The van der Waals surface area contributed by atoms with Crippen molar-refractivity contribution in [3.8, 4) is 0 Å². The third kappa shape index (κ3) is 5.51. The third-order valence-electron chi connectivity index (χ3n) is 1.66. The second-order valence-electron chi connectivity index (χ2n) is 4.46. The molecule has 94 valence electrons. The molecule has 0 aliphatic heterocycles. The zero-order chi connectivity index (χ0) is 12.9. The van der Waals surface area contributed by atoms with E-state index in [4.69, 9.17) is 9.84 Å². The van der Waals surface area contributed by atoms with Crippen LogP contribution >= 0.6 is 11.3 Å². The quantitative estimate of drug-likeness (QED) is 0.872. The van der Waals surface area contributed by atoms with Crippen LogP contribution in [0.4, 0.5) is 9.80 Å². The molecule has 1 amide bonds. The van der Waals surface area contributed by atoms with Crippen LogP contribution in [-0.2, 0) is 4.74 Å². The highest BCUT2D eigenvalue weighted by molar-refractivity contribution is 7.14. The van der Waals surface area contributed by atoms with Crippen molar-refractivity contribution >= 4 is 28.5 Å². The molecule has 5 heteroatoms. The van der Waals surface area contributed by atoms with Crippen molar-refractivity contribution < 1.29 is 14.6 Å². The van der Waals surface area contributed by atoms with E-state index < -0.39 is 11.7 Å². The van der Waals surface area contributed by atoms with Gasteiger partial charge in [-0.2, -0.15) is 0 Å².